The van der Waals surface area contributed by atoms with E-state index in [-0.39, 0.29) is 5.88 Å². The van der Waals surface area contributed by atoms with Gasteiger partial charge in [-0.25, -0.2) is 0 Å². The molecule has 0 rings (SSSR count). The van der Waals surface area contributed by atoms with Crippen LogP contribution in [0.4, 0.5) is 0 Å². The van der Waals surface area contributed by atoms with Crippen molar-refractivity contribution in [2.75, 3.05) is 5.88 Å². The van der Waals surface area contributed by atoms with Gasteiger partial charge in [0.05, 0.1) is 0 Å². The maximum Gasteiger partial charge on any atom is 0.323 e. The molecule has 3 nitrogen and oxygen atoms in total. The molecule has 0 fully saturated rings. The molecule has 0 spiro atoms. The second-order valence-electron chi connectivity index (χ2n) is 5.05. The maximum atomic E-state index is 10.8. The van der Waals surface area contributed by atoms with Crippen molar-refractivity contribution in [1.29, 1.82) is 0 Å². The summed E-state index contributed by atoms with van der Waals surface area (Å²) in [6.45, 7) is 2.23. The quantitative estimate of drug-likeness (QED) is 0.237. The van der Waals surface area contributed by atoms with Crippen LogP contribution in [0.2, 0.25) is 0 Å². The number of hydrogen-bond donors (Lipinski definition) is 1. The number of halogens is 1. The first-order valence-corrected chi connectivity index (χ1v) is 8.17. The number of ether oxygens (including phenoxy) is 1. The number of aliphatic hydroxyl groups is 1. The van der Waals surface area contributed by atoms with Crippen molar-refractivity contribution in [1.82, 2.24) is 0 Å². The number of carbonyl (C=O) groups is 1. The van der Waals surface area contributed by atoms with E-state index in [0.717, 1.165) is 12.8 Å². The fourth-order valence-electron chi connectivity index (χ4n) is 2.05. The average Bonchev–Trinajstić information content (AvgIpc) is 2.40. The topological polar surface area (TPSA) is 46.5 Å². The lowest BCUT2D eigenvalue weighted by Gasteiger charge is -2.10. The fraction of sp³-hybridized carbons (Fsp3) is 0.933. The second kappa shape index (κ2) is 14.1. The number of carbonyl (C=O) groups excluding carboxylic acids is 1. The molecule has 114 valence electrons. The van der Waals surface area contributed by atoms with E-state index >= 15 is 0 Å². The summed E-state index contributed by atoms with van der Waals surface area (Å²) in [7, 11) is 0. The average molecular weight is 293 g/mol. The minimum absolute atomic E-state index is 0.199. The minimum Gasteiger partial charge on any atom is -0.435 e. The van der Waals surface area contributed by atoms with E-state index in [1.807, 2.05) is 0 Å². The highest BCUT2D eigenvalue weighted by atomic mass is 35.5. The van der Waals surface area contributed by atoms with Gasteiger partial charge in [0.15, 0.2) is 0 Å². The first-order chi connectivity index (χ1) is 9.20. The molecule has 0 aliphatic rings. The highest BCUT2D eigenvalue weighted by Gasteiger charge is 2.08. The number of hydrogen-bond acceptors (Lipinski definition) is 3. The van der Waals surface area contributed by atoms with Crippen molar-refractivity contribution < 1.29 is 14.6 Å². The summed E-state index contributed by atoms with van der Waals surface area (Å²) in [5.74, 6) is -0.754. The first kappa shape index (κ1) is 18.7. The van der Waals surface area contributed by atoms with Crippen LogP contribution in [0.25, 0.3) is 0 Å². The lowest BCUT2D eigenvalue weighted by Crippen LogP contribution is -2.18. The van der Waals surface area contributed by atoms with Gasteiger partial charge in [0.25, 0.3) is 0 Å². The third-order valence-electron chi connectivity index (χ3n) is 3.18. The van der Waals surface area contributed by atoms with Crippen LogP contribution in [-0.2, 0) is 9.53 Å². The zero-order chi connectivity index (χ0) is 14.3. The molecule has 1 atom stereocenters. The van der Waals surface area contributed by atoms with Crippen molar-refractivity contribution in [3.8, 4) is 0 Å². The molecule has 0 aromatic heterocycles. The van der Waals surface area contributed by atoms with Gasteiger partial charge in [0, 0.05) is 6.42 Å². The summed E-state index contributed by atoms with van der Waals surface area (Å²) in [6.07, 6.45) is 12.0. The summed E-state index contributed by atoms with van der Waals surface area (Å²) in [4.78, 5) is 10.8. The standard InChI is InChI=1S/C15H29ClO3/c1-2-3-4-5-6-7-8-9-10-11-12-14(17)19-15(18)13-16/h14,17H,2-13H2,1H3. The van der Waals surface area contributed by atoms with Gasteiger partial charge in [-0.15, -0.1) is 11.6 Å². The van der Waals surface area contributed by atoms with E-state index in [9.17, 15) is 9.90 Å². The molecule has 0 bridgehead atoms. The molecule has 0 aliphatic carbocycles. The number of rotatable bonds is 13. The van der Waals surface area contributed by atoms with Gasteiger partial charge in [0.1, 0.15) is 5.88 Å². The number of aliphatic hydroxyl groups excluding tert-OH is 1. The van der Waals surface area contributed by atoms with Crippen LogP contribution in [-0.4, -0.2) is 23.2 Å². The van der Waals surface area contributed by atoms with Gasteiger partial charge >= 0.3 is 5.97 Å². The van der Waals surface area contributed by atoms with Crippen LogP contribution in [0.1, 0.15) is 77.6 Å². The van der Waals surface area contributed by atoms with Gasteiger partial charge in [0.2, 0.25) is 6.29 Å². The largest absolute Gasteiger partial charge is 0.435 e. The predicted octanol–water partition coefficient (Wildman–Crippen LogP) is 4.40. The Morgan fingerprint density at radius 2 is 1.47 bits per heavy atom. The van der Waals surface area contributed by atoms with Gasteiger partial charge in [-0.1, -0.05) is 64.7 Å². The van der Waals surface area contributed by atoms with Crippen molar-refractivity contribution in [3.05, 3.63) is 0 Å². The lowest BCUT2D eigenvalue weighted by molar-refractivity contribution is -0.165. The van der Waals surface area contributed by atoms with E-state index in [1.165, 1.54) is 51.4 Å². The summed E-state index contributed by atoms with van der Waals surface area (Å²) >= 11 is 5.27. The Bertz CT molecular complexity index is 210. The molecule has 0 radical (unpaired) electrons. The normalized spacial score (nSPS) is 12.4. The molecule has 0 amide bonds. The predicted molar refractivity (Wildman–Crippen MR) is 79.3 cm³/mol. The Balaban J connectivity index is 3.16. The molecule has 1 unspecified atom stereocenters. The van der Waals surface area contributed by atoms with Crippen molar-refractivity contribution in [3.63, 3.8) is 0 Å². The van der Waals surface area contributed by atoms with Crippen molar-refractivity contribution in [2.45, 2.75) is 83.8 Å². The molecule has 0 aliphatic heterocycles. The Labute approximate surface area is 122 Å². The fourth-order valence-corrected chi connectivity index (χ4v) is 2.11. The highest BCUT2D eigenvalue weighted by molar-refractivity contribution is 6.26. The highest BCUT2D eigenvalue weighted by Crippen LogP contribution is 2.12. The summed E-state index contributed by atoms with van der Waals surface area (Å²) in [6, 6.07) is 0. The van der Waals surface area contributed by atoms with Gasteiger partial charge in [-0.05, 0) is 6.42 Å². The smallest absolute Gasteiger partial charge is 0.323 e. The Morgan fingerprint density at radius 3 is 1.95 bits per heavy atom. The second-order valence-corrected chi connectivity index (χ2v) is 5.32. The first-order valence-electron chi connectivity index (χ1n) is 7.64. The molecule has 4 heteroatoms. The van der Waals surface area contributed by atoms with Gasteiger partial charge < -0.3 is 9.84 Å². The van der Waals surface area contributed by atoms with Crippen molar-refractivity contribution in [2.24, 2.45) is 0 Å². The maximum absolute atomic E-state index is 10.8. The monoisotopic (exact) mass is 292 g/mol. The molecule has 0 saturated heterocycles. The van der Waals surface area contributed by atoms with E-state index in [1.54, 1.807) is 0 Å². The Kier molecular flexibility index (Phi) is 13.9. The number of unbranched alkanes of at least 4 members (excludes halogenated alkanes) is 9. The lowest BCUT2D eigenvalue weighted by atomic mass is 10.1. The third-order valence-corrected chi connectivity index (χ3v) is 3.40. The molecule has 19 heavy (non-hydrogen) atoms. The molecule has 1 N–H and O–H groups in total. The molecule has 0 aromatic rings. The summed E-state index contributed by atoms with van der Waals surface area (Å²) in [5.41, 5.74) is 0. The van der Waals surface area contributed by atoms with Crippen LogP contribution >= 0.6 is 11.6 Å². The minimum atomic E-state index is -0.986. The molecular formula is C15H29ClO3. The van der Waals surface area contributed by atoms with E-state index in [4.69, 9.17) is 11.6 Å². The summed E-state index contributed by atoms with van der Waals surface area (Å²) < 4.78 is 4.67. The number of esters is 1. The molecular weight excluding hydrogens is 264 g/mol. The number of alkyl halides is 1. The molecule has 0 saturated carbocycles. The molecule has 0 heterocycles. The zero-order valence-electron chi connectivity index (χ0n) is 12.2. The van der Waals surface area contributed by atoms with E-state index in [2.05, 4.69) is 11.7 Å². The third kappa shape index (κ3) is 13.9. The molecule has 0 aromatic carbocycles. The van der Waals surface area contributed by atoms with Crippen molar-refractivity contribution >= 4 is 17.6 Å². The van der Waals surface area contributed by atoms with Crippen LogP contribution < -0.4 is 0 Å². The van der Waals surface area contributed by atoms with Gasteiger partial charge in [-0.2, -0.15) is 0 Å². The Morgan fingerprint density at radius 1 is 1.00 bits per heavy atom. The SMILES string of the molecule is CCCCCCCCCCCCC(O)OC(=O)CCl. The van der Waals surface area contributed by atoms with Crippen LogP contribution in [0.5, 0.6) is 0 Å². The van der Waals surface area contributed by atoms with Gasteiger partial charge in [-0.3, -0.25) is 4.79 Å². The Hall–Kier alpha value is -0.280. The van der Waals surface area contributed by atoms with Crippen LogP contribution in [0, 0.1) is 0 Å². The van der Waals surface area contributed by atoms with E-state index < -0.39 is 12.3 Å². The summed E-state index contributed by atoms with van der Waals surface area (Å²) in [5, 5.41) is 9.37. The zero-order valence-corrected chi connectivity index (χ0v) is 13.0. The van der Waals surface area contributed by atoms with Crippen LogP contribution in [0.3, 0.4) is 0 Å². The van der Waals surface area contributed by atoms with E-state index in [0.29, 0.717) is 6.42 Å². The van der Waals surface area contributed by atoms with Crippen LogP contribution in [0.15, 0.2) is 0 Å².